The molecule has 0 nitrogen and oxygen atoms in total. The molecule has 2 aliphatic rings. The lowest BCUT2D eigenvalue weighted by molar-refractivity contribution is 0.139. The second kappa shape index (κ2) is 6.19. The van der Waals surface area contributed by atoms with Crippen molar-refractivity contribution in [3.8, 4) is 0 Å². The Balaban J connectivity index is 1.69. The summed E-state index contributed by atoms with van der Waals surface area (Å²) in [6, 6.07) is 0. The highest BCUT2D eigenvalue weighted by Gasteiger charge is 2.55. The first-order valence-corrected chi connectivity index (χ1v) is 8.98. The zero-order valence-corrected chi connectivity index (χ0v) is 14.0. The third-order valence-electron chi connectivity index (χ3n) is 6.24. The molecule has 0 radical (unpaired) electrons. The maximum atomic E-state index is 2.58. The van der Waals surface area contributed by atoms with E-state index in [1.54, 1.807) is 19.3 Å². The Hall–Kier alpha value is 0. The molecule has 0 aliphatic heterocycles. The fourth-order valence-electron chi connectivity index (χ4n) is 5.04. The largest absolute Gasteiger partial charge is 0.0654 e. The molecule has 2 rings (SSSR count). The number of rotatable bonds is 8. The van der Waals surface area contributed by atoms with Crippen LogP contribution in [0.15, 0.2) is 0 Å². The lowest BCUT2D eigenvalue weighted by atomic mass is 9.69. The van der Waals surface area contributed by atoms with E-state index in [1.807, 2.05) is 0 Å². The predicted molar refractivity (Wildman–Crippen MR) is 85.2 cm³/mol. The van der Waals surface area contributed by atoms with Gasteiger partial charge in [-0.05, 0) is 67.1 Å². The first-order chi connectivity index (χ1) is 8.98. The Labute approximate surface area is 121 Å². The van der Waals surface area contributed by atoms with Gasteiger partial charge in [0.15, 0.2) is 0 Å². The summed E-state index contributed by atoms with van der Waals surface area (Å²) in [5, 5.41) is 0. The predicted octanol–water partition coefficient (Wildman–Crippen LogP) is 6.30. The van der Waals surface area contributed by atoms with Crippen LogP contribution in [0.1, 0.15) is 86.0 Å². The molecular weight excluding hydrogens is 228 g/mol. The summed E-state index contributed by atoms with van der Waals surface area (Å²) in [7, 11) is 0. The molecule has 0 heterocycles. The molecule has 0 aromatic carbocycles. The van der Waals surface area contributed by atoms with E-state index in [1.165, 1.54) is 32.1 Å². The standard InChI is InChI=1S/C19H36/c1-6-8-14(3)9-15(4)12-19(5)13-18(19)17-10-16(7-2)11-17/h14-18H,6-13H2,1-5H3. The second-order valence-corrected chi connectivity index (χ2v) is 8.41. The van der Waals surface area contributed by atoms with Crippen molar-refractivity contribution in [1.29, 1.82) is 0 Å². The van der Waals surface area contributed by atoms with Crippen molar-refractivity contribution in [1.82, 2.24) is 0 Å². The van der Waals surface area contributed by atoms with Gasteiger partial charge in [-0.2, -0.15) is 0 Å². The SMILES string of the molecule is CCCC(C)CC(C)CC1(C)CC1C1CC(CC)C1. The van der Waals surface area contributed by atoms with E-state index in [9.17, 15) is 0 Å². The Morgan fingerprint density at radius 3 is 2.37 bits per heavy atom. The van der Waals surface area contributed by atoms with Crippen LogP contribution < -0.4 is 0 Å². The van der Waals surface area contributed by atoms with Gasteiger partial charge in [-0.3, -0.25) is 0 Å². The highest BCUT2D eigenvalue weighted by Crippen LogP contribution is 2.64. The van der Waals surface area contributed by atoms with Crippen molar-refractivity contribution in [2.45, 2.75) is 86.0 Å². The normalized spacial score (nSPS) is 40.6. The van der Waals surface area contributed by atoms with Gasteiger partial charge in [-0.25, -0.2) is 0 Å². The lowest BCUT2D eigenvalue weighted by Gasteiger charge is -2.36. The summed E-state index contributed by atoms with van der Waals surface area (Å²) < 4.78 is 0. The molecule has 2 aliphatic carbocycles. The maximum absolute atomic E-state index is 2.58. The molecule has 0 aromatic heterocycles. The van der Waals surface area contributed by atoms with Crippen molar-refractivity contribution in [2.24, 2.45) is 35.0 Å². The first kappa shape index (κ1) is 15.4. The third-order valence-corrected chi connectivity index (χ3v) is 6.24. The van der Waals surface area contributed by atoms with Gasteiger partial charge in [-0.1, -0.05) is 53.9 Å². The van der Waals surface area contributed by atoms with Crippen LogP contribution in [-0.2, 0) is 0 Å². The van der Waals surface area contributed by atoms with Crippen LogP contribution in [0.2, 0.25) is 0 Å². The summed E-state index contributed by atoms with van der Waals surface area (Å²) in [5.41, 5.74) is 0.731. The Kier molecular flexibility index (Phi) is 5.01. The van der Waals surface area contributed by atoms with E-state index in [2.05, 4.69) is 34.6 Å². The van der Waals surface area contributed by atoms with Crippen molar-refractivity contribution in [3.05, 3.63) is 0 Å². The Morgan fingerprint density at radius 2 is 1.79 bits per heavy atom. The van der Waals surface area contributed by atoms with Crippen LogP contribution in [0.25, 0.3) is 0 Å². The number of hydrogen-bond donors (Lipinski definition) is 0. The van der Waals surface area contributed by atoms with E-state index in [4.69, 9.17) is 0 Å². The van der Waals surface area contributed by atoms with Gasteiger partial charge in [0.2, 0.25) is 0 Å². The van der Waals surface area contributed by atoms with Gasteiger partial charge in [-0.15, -0.1) is 0 Å². The average molecular weight is 264 g/mol. The Bertz CT molecular complexity index is 276. The molecule has 19 heavy (non-hydrogen) atoms. The van der Waals surface area contributed by atoms with Gasteiger partial charge >= 0.3 is 0 Å². The molecule has 0 heteroatoms. The summed E-state index contributed by atoms with van der Waals surface area (Å²) in [6.07, 6.45) is 11.8. The molecule has 0 bridgehead atoms. The third kappa shape index (κ3) is 3.76. The van der Waals surface area contributed by atoms with Crippen LogP contribution in [0.3, 0.4) is 0 Å². The van der Waals surface area contributed by atoms with Crippen LogP contribution in [0.4, 0.5) is 0 Å². The minimum Gasteiger partial charge on any atom is -0.0654 e. The number of hydrogen-bond acceptors (Lipinski definition) is 0. The van der Waals surface area contributed by atoms with Crippen LogP contribution >= 0.6 is 0 Å². The highest BCUT2D eigenvalue weighted by atomic mass is 14.6. The van der Waals surface area contributed by atoms with Crippen molar-refractivity contribution in [2.75, 3.05) is 0 Å². The molecule has 0 saturated heterocycles. The molecule has 2 fully saturated rings. The fraction of sp³-hybridized carbons (Fsp3) is 1.00. The summed E-state index contributed by atoms with van der Waals surface area (Å²) in [4.78, 5) is 0. The summed E-state index contributed by atoms with van der Waals surface area (Å²) >= 11 is 0. The second-order valence-electron chi connectivity index (χ2n) is 8.41. The zero-order valence-electron chi connectivity index (χ0n) is 14.0. The van der Waals surface area contributed by atoms with Gasteiger partial charge in [0.1, 0.15) is 0 Å². The van der Waals surface area contributed by atoms with E-state index in [0.717, 1.165) is 35.0 Å². The van der Waals surface area contributed by atoms with Crippen molar-refractivity contribution in [3.63, 3.8) is 0 Å². The van der Waals surface area contributed by atoms with Crippen molar-refractivity contribution >= 4 is 0 Å². The lowest BCUT2D eigenvalue weighted by Crippen LogP contribution is -2.26. The smallest absolute Gasteiger partial charge is 0.0289 e. The van der Waals surface area contributed by atoms with Gasteiger partial charge in [0, 0.05) is 0 Å². The van der Waals surface area contributed by atoms with Gasteiger partial charge in [0.25, 0.3) is 0 Å². The zero-order chi connectivity index (χ0) is 14.0. The monoisotopic (exact) mass is 264 g/mol. The molecule has 4 atom stereocenters. The van der Waals surface area contributed by atoms with Gasteiger partial charge < -0.3 is 0 Å². The van der Waals surface area contributed by atoms with E-state index < -0.39 is 0 Å². The van der Waals surface area contributed by atoms with E-state index in [0.29, 0.717) is 0 Å². The van der Waals surface area contributed by atoms with Crippen LogP contribution in [0, 0.1) is 35.0 Å². The molecule has 0 amide bonds. The summed E-state index contributed by atoms with van der Waals surface area (Å²) in [5.74, 6) is 5.17. The molecular formula is C19H36. The molecule has 0 aromatic rings. The van der Waals surface area contributed by atoms with Gasteiger partial charge in [0.05, 0.1) is 0 Å². The molecule has 0 spiro atoms. The maximum Gasteiger partial charge on any atom is -0.0289 e. The Morgan fingerprint density at radius 1 is 1.11 bits per heavy atom. The van der Waals surface area contributed by atoms with Crippen LogP contribution in [0.5, 0.6) is 0 Å². The van der Waals surface area contributed by atoms with Crippen LogP contribution in [-0.4, -0.2) is 0 Å². The van der Waals surface area contributed by atoms with E-state index >= 15 is 0 Å². The van der Waals surface area contributed by atoms with E-state index in [-0.39, 0.29) is 0 Å². The summed E-state index contributed by atoms with van der Waals surface area (Å²) in [6.45, 7) is 12.2. The van der Waals surface area contributed by atoms with Crippen molar-refractivity contribution < 1.29 is 0 Å². The molecule has 4 unspecified atom stereocenters. The minimum absolute atomic E-state index is 0.731. The average Bonchev–Trinajstić information content (AvgIpc) is 2.87. The first-order valence-electron chi connectivity index (χ1n) is 8.98. The highest BCUT2D eigenvalue weighted by molar-refractivity contribution is 5.05. The fourth-order valence-corrected chi connectivity index (χ4v) is 5.04. The molecule has 112 valence electrons. The quantitative estimate of drug-likeness (QED) is 0.482. The molecule has 2 saturated carbocycles. The topological polar surface area (TPSA) is 0 Å². The minimum atomic E-state index is 0.731. The molecule has 0 N–H and O–H groups in total.